The van der Waals surface area contributed by atoms with Crippen LogP contribution >= 0.6 is 7.60 Å². The van der Waals surface area contributed by atoms with E-state index in [1.807, 2.05) is 20.8 Å². The highest BCUT2D eigenvalue weighted by Crippen LogP contribution is 2.54. The molecule has 0 spiro atoms. The summed E-state index contributed by atoms with van der Waals surface area (Å²) in [6, 6.07) is 0. The molecule has 0 radical (unpaired) electrons. The zero-order chi connectivity index (χ0) is 42.0. The molecule has 0 bridgehead atoms. The van der Waals surface area contributed by atoms with Crippen molar-refractivity contribution in [1.82, 2.24) is 0 Å². The fraction of sp³-hybridized carbons (Fsp3) is 1.00. The predicted octanol–water partition coefficient (Wildman–Crippen LogP) is -1.09. The minimum atomic E-state index is -3.76. The molecule has 2 heterocycles. The van der Waals surface area contributed by atoms with Gasteiger partial charge in [-0.15, -0.1) is 0 Å². The van der Waals surface area contributed by atoms with E-state index in [0.717, 1.165) is 6.42 Å². The minimum absolute atomic E-state index is 0.0455. The molecule has 0 amide bonds. The molecule has 2 aliphatic heterocycles. The van der Waals surface area contributed by atoms with E-state index in [1.54, 1.807) is 20.8 Å². The molecule has 332 valence electrons. The highest BCUT2D eigenvalue weighted by atomic mass is 31.2. The normalized spacial score (nSPS) is 38.4. The number of hydrogen-bond donors (Lipinski definition) is 10. The second kappa shape index (κ2) is 22.4. The van der Waals surface area contributed by atoms with Crippen molar-refractivity contribution in [3.8, 4) is 0 Å². The van der Waals surface area contributed by atoms with Gasteiger partial charge in [-0.25, -0.2) is 0 Å². The molecule has 1 saturated carbocycles. The Morgan fingerprint density at radius 2 is 1.05 bits per heavy atom. The first kappa shape index (κ1) is 49.9. The van der Waals surface area contributed by atoms with Crippen LogP contribution in [-0.2, 0) is 42.2 Å². The van der Waals surface area contributed by atoms with E-state index >= 15 is 0 Å². The van der Waals surface area contributed by atoms with Crippen molar-refractivity contribution in [3.05, 3.63) is 0 Å². The molecule has 0 aromatic heterocycles. The Morgan fingerprint density at radius 3 is 1.62 bits per heavy atom. The van der Waals surface area contributed by atoms with Gasteiger partial charge in [0.15, 0.2) is 12.6 Å². The van der Waals surface area contributed by atoms with Crippen molar-refractivity contribution in [3.63, 3.8) is 0 Å². The second-order valence-corrected chi connectivity index (χ2v) is 19.5. The SMILES string of the molecule is CC(C)(C)OCCCCOCC1OC(OCC2OC(OCC3CC(OCCCCCOP(=O)(O)C(C)(C)C)C(O)C(O)C3O)C(O)C(O)C2O)C(O)C(O)C1O. The zero-order valence-corrected chi connectivity index (χ0v) is 34.3. The summed E-state index contributed by atoms with van der Waals surface area (Å²) in [4.78, 5) is 10.0. The zero-order valence-electron chi connectivity index (χ0n) is 33.4. The van der Waals surface area contributed by atoms with Crippen LogP contribution in [0.5, 0.6) is 0 Å². The van der Waals surface area contributed by atoms with E-state index in [-0.39, 0.29) is 38.4 Å². The van der Waals surface area contributed by atoms with Crippen molar-refractivity contribution in [2.45, 2.75) is 177 Å². The number of ether oxygens (including phenoxy) is 7. The van der Waals surface area contributed by atoms with Crippen LogP contribution in [0.15, 0.2) is 0 Å². The summed E-state index contributed by atoms with van der Waals surface area (Å²) >= 11 is 0. The molecule has 1 aliphatic carbocycles. The maximum atomic E-state index is 12.2. The molecule has 2 saturated heterocycles. The lowest BCUT2D eigenvalue weighted by atomic mass is 9.81. The highest BCUT2D eigenvalue weighted by molar-refractivity contribution is 7.54. The summed E-state index contributed by atoms with van der Waals surface area (Å²) in [5, 5.41) is 94.3. The van der Waals surface area contributed by atoms with Gasteiger partial charge in [-0.2, -0.15) is 0 Å². The molecule has 19 nitrogen and oxygen atoms in total. The monoisotopic (exact) mass is 836 g/mol. The quantitative estimate of drug-likeness (QED) is 0.0485. The maximum absolute atomic E-state index is 12.2. The van der Waals surface area contributed by atoms with Gasteiger partial charge in [0.05, 0.1) is 49.4 Å². The van der Waals surface area contributed by atoms with Crippen molar-refractivity contribution < 1.29 is 93.1 Å². The van der Waals surface area contributed by atoms with Crippen molar-refractivity contribution >= 4 is 7.60 Å². The van der Waals surface area contributed by atoms with E-state index in [4.69, 9.17) is 37.7 Å². The summed E-state index contributed by atoms with van der Waals surface area (Å²) < 4.78 is 57.2. The largest absolute Gasteiger partial charge is 0.390 e. The van der Waals surface area contributed by atoms with Gasteiger partial charge in [-0.1, -0.05) is 0 Å². The molecule has 0 aromatic carbocycles. The Kier molecular flexibility index (Phi) is 19.9. The molecule has 20 heteroatoms. The van der Waals surface area contributed by atoms with Crippen LogP contribution in [0.2, 0.25) is 0 Å². The minimum Gasteiger partial charge on any atom is -0.390 e. The highest BCUT2D eigenvalue weighted by Gasteiger charge is 2.49. The van der Waals surface area contributed by atoms with Crippen LogP contribution in [0.3, 0.4) is 0 Å². The summed E-state index contributed by atoms with van der Waals surface area (Å²) in [6.45, 7) is 10.9. The lowest BCUT2D eigenvalue weighted by Gasteiger charge is -2.44. The fourth-order valence-electron chi connectivity index (χ4n) is 6.28. The Bertz CT molecular complexity index is 1170. The summed E-state index contributed by atoms with van der Waals surface area (Å²) in [6.07, 6.45) is -17.8. The number of aliphatic hydroxyl groups is 9. The molecule has 56 heavy (non-hydrogen) atoms. The first-order valence-corrected chi connectivity index (χ1v) is 21.1. The first-order chi connectivity index (χ1) is 26.1. The van der Waals surface area contributed by atoms with Gasteiger partial charge in [0.25, 0.3) is 0 Å². The van der Waals surface area contributed by atoms with Gasteiger partial charge in [-0.3, -0.25) is 4.57 Å². The van der Waals surface area contributed by atoms with E-state index in [0.29, 0.717) is 38.9 Å². The maximum Gasteiger partial charge on any atom is 0.333 e. The van der Waals surface area contributed by atoms with Gasteiger partial charge in [-0.05, 0) is 80.1 Å². The van der Waals surface area contributed by atoms with Crippen molar-refractivity contribution in [2.75, 3.05) is 46.2 Å². The van der Waals surface area contributed by atoms with Crippen molar-refractivity contribution in [2.24, 2.45) is 5.92 Å². The van der Waals surface area contributed by atoms with Crippen LogP contribution < -0.4 is 0 Å². The lowest BCUT2D eigenvalue weighted by Crippen LogP contribution is -2.62. The first-order valence-electron chi connectivity index (χ1n) is 19.5. The van der Waals surface area contributed by atoms with Crippen LogP contribution in [0, 0.1) is 5.92 Å². The molecule has 16 atom stereocenters. The Balaban J connectivity index is 1.47. The Morgan fingerprint density at radius 1 is 0.554 bits per heavy atom. The topological polar surface area (TPSA) is 293 Å². The molecule has 3 rings (SSSR count). The van der Waals surface area contributed by atoms with Gasteiger partial charge in [0.2, 0.25) is 0 Å². The van der Waals surface area contributed by atoms with Crippen LogP contribution in [-0.4, -0.2) is 194 Å². The third-order valence-corrected chi connectivity index (χ3v) is 12.3. The van der Waals surface area contributed by atoms with Crippen LogP contribution in [0.1, 0.15) is 80.1 Å². The van der Waals surface area contributed by atoms with Gasteiger partial charge < -0.3 is 88.5 Å². The third-order valence-electron chi connectivity index (χ3n) is 10.1. The molecule has 16 unspecified atom stereocenters. The third kappa shape index (κ3) is 14.6. The molecule has 0 aromatic rings. The number of hydrogen-bond acceptors (Lipinski definition) is 18. The molecular weight excluding hydrogens is 767 g/mol. The standard InChI is InChI=1S/C36H69O19P/c1-35(2,3)52-14-11-10-12-48-18-22-26(39)29(42)32(45)34(54-22)51-19-23-27(40)30(43)31(44)33(55-23)50-17-20-16-21(25(38)28(41)24(20)37)49-13-8-7-9-15-53-56(46,47)36(4,5)6/h20-34,37-45H,7-19H2,1-6H3,(H,46,47). The van der Waals surface area contributed by atoms with E-state index in [1.165, 1.54) is 0 Å². The molecule has 10 N–H and O–H groups in total. The number of rotatable bonds is 21. The van der Waals surface area contributed by atoms with Crippen molar-refractivity contribution in [1.29, 1.82) is 0 Å². The smallest absolute Gasteiger partial charge is 0.333 e. The average Bonchev–Trinajstić information content (AvgIpc) is 3.12. The summed E-state index contributed by atoms with van der Waals surface area (Å²) in [5.41, 5.74) is -0.253. The summed E-state index contributed by atoms with van der Waals surface area (Å²) in [5.74, 6) is -0.813. The van der Waals surface area contributed by atoms with Gasteiger partial charge in [0.1, 0.15) is 61.0 Å². The van der Waals surface area contributed by atoms with Crippen LogP contribution in [0.25, 0.3) is 0 Å². The van der Waals surface area contributed by atoms with Gasteiger partial charge >= 0.3 is 7.60 Å². The lowest BCUT2D eigenvalue weighted by molar-refractivity contribution is -0.334. The van der Waals surface area contributed by atoms with E-state index in [9.17, 15) is 55.4 Å². The van der Waals surface area contributed by atoms with Gasteiger partial charge in [0, 0.05) is 25.7 Å². The predicted molar refractivity (Wildman–Crippen MR) is 196 cm³/mol. The molecule has 3 fully saturated rings. The Labute approximate surface area is 329 Å². The van der Waals surface area contributed by atoms with E-state index in [2.05, 4.69) is 0 Å². The fourth-order valence-corrected chi connectivity index (χ4v) is 7.05. The second-order valence-electron chi connectivity index (χ2n) is 16.9. The molecule has 3 aliphatic rings. The summed E-state index contributed by atoms with van der Waals surface area (Å²) in [7, 11) is -3.76. The van der Waals surface area contributed by atoms with Crippen LogP contribution in [0.4, 0.5) is 0 Å². The number of unbranched alkanes of at least 4 members (excludes halogenated alkanes) is 3. The molecular formula is C36H69O19P. The van der Waals surface area contributed by atoms with E-state index < -0.39 is 111 Å². The Hall–Kier alpha value is -0.490. The average molecular weight is 837 g/mol. The number of aliphatic hydroxyl groups excluding tert-OH is 9.